The maximum absolute atomic E-state index is 11.8. The summed E-state index contributed by atoms with van der Waals surface area (Å²) in [5.41, 5.74) is 2.21. The Morgan fingerprint density at radius 3 is 2.67 bits per heavy atom. The number of hydrogen-bond donors (Lipinski definition) is 1. The lowest BCUT2D eigenvalue weighted by Crippen LogP contribution is -2.14. The number of halogens is 1. The average Bonchev–Trinajstić information content (AvgIpc) is 2.54. The normalized spacial score (nSPS) is 10.0. The fraction of sp³-hybridized carbons (Fsp3) is 0.200. The number of methoxy groups -OCH3 is 1. The van der Waals surface area contributed by atoms with E-state index in [2.05, 4.69) is 26.2 Å². The number of nitrogens with zero attached hydrogens (tertiary/aromatic N) is 1. The van der Waals surface area contributed by atoms with Crippen LogP contribution in [0.2, 0.25) is 0 Å². The number of hydrogen-bond acceptors (Lipinski definition) is 4. The molecule has 0 bridgehead atoms. The van der Waals surface area contributed by atoms with E-state index in [1.54, 1.807) is 12.1 Å². The van der Waals surface area contributed by atoms with Crippen molar-refractivity contribution >= 4 is 27.7 Å². The van der Waals surface area contributed by atoms with Crippen molar-refractivity contribution in [2.75, 3.05) is 12.4 Å². The molecule has 0 saturated heterocycles. The fourth-order valence-electron chi connectivity index (χ4n) is 1.67. The van der Waals surface area contributed by atoms with Crippen LogP contribution in [0.5, 0.6) is 5.88 Å². The number of carbonyl (C=O) groups is 1. The van der Waals surface area contributed by atoms with Gasteiger partial charge in [-0.2, -0.15) is 0 Å². The molecule has 21 heavy (non-hydrogen) atoms. The number of alkyl halides is 1. The zero-order chi connectivity index (χ0) is 15.1. The van der Waals surface area contributed by atoms with Crippen molar-refractivity contribution in [2.45, 2.75) is 11.9 Å². The Morgan fingerprint density at radius 2 is 2.00 bits per heavy atom. The van der Waals surface area contributed by atoms with Crippen LogP contribution in [0.1, 0.15) is 11.3 Å². The molecule has 2 aromatic rings. The summed E-state index contributed by atoms with van der Waals surface area (Å²) >= 11 is 3.32. The summed E-state index contributed by atoms with van der Waals surface area (Å²) in [5, 5.41) is 3.23. The first-order valence-corrected chi connectivity index (χ1v) is 7.42. The molecule has 1 heterocycles. The summed E-state index contributed by atoms with van der Waals surface area (Å²) in [6, 6.07) is 13.0. The molecule has 0 aliphatic carbocycles. The highest BCUT2D eigenvalue weighted by Gasteiger charge is 2.10. The molecule has 0 saturated carbocycles. The Bertz CT molecular complexity index is 605. The van der Waals surface area contributed by atoms with E-state index in [1.807, 2.05) is 30.3 Å². The zero-order valence-corrected chi connectivity index (χ0v) is 13.1. The van der Waals surface area contributed by atoms with Crippen molar-refractivity contribution in [3.05, 3.63) is 53.7 Å². The standard InChI is InChI=1S/C15H15BrN2O3/c1-20-14-13(8-7-12(9-16)17-14)18-15(19)21-10-11-5-3-2-4-6-11/h2-8H,9-10H2,1H3,(H,18,19). The van der Waals surface area contributed by atoms with E-state index in [-0.39, 0.29) is 6.61 Å². The number of anilines is 1. The summed E-state index contributed by atoms with van der Waals surface area (Å²) in [5.74, 6) is 0.351. The smallest absolute Gasteiger partial charge is 0.412 e. The monoisotopic (exact) mass is 350 g/mol. The second kappa shape index (κ2) is 7.64. The predicted octanol–water partition coefficient (Wildman–Crippen LogP) is 3.73. The molecule has 5 nitrogen and oxygen atoms in total. The van der Waals surface area contributed by atoms with Gasteiger partial charge in [0, 0.05) is 5.33 Å². The molecule has 0 spiro atoms. The van der Waals surface area contributed by atoms with Crippen LogP contribution in [0.4, 0.5) is 10.5 Å². The van der Waals surface area contributed by atoms with Gasteiger partial charge < -0.3 is 9.47 Å². The lowest BCUT2D eigenvalue weighted by atomic mass is 10.2. The molecular formula is C15H15BrN2O3. The minimum atomic E-state index is -0.550. The highest BCUT2D eigenvalue weighted by Crippen LogP contribution is 2.22. The second-order valence-electron chi connectivity index (χ2n) is 4.18. The van der Waals surface area contributed by atoms with E-state index in [0.717, 1.165) is 11.3 Å². The van der Waals surface area contributed by atoms with Crippen LogP contribution in [-0.4, -0.2) is 18.2 Å². The Hall–Kier alpha value is -2.08. The predicted molar refractivity (Wildman–Crippen MR) is 83.7 cm³/mol. The van der Waals surface area contributed by atoms with Crippen molar-refractivity contribution in [2.24, 2.45) is 0 Å². The van der Waals surface area contributed by atoms with Crippen LogP contribution in [0.25, 0.3) is 0 Å². The summed E-state index contributed by atoms with van der Waals surface area (Å²) in [6.45, 7) is 0.210. The highest BCUT2D eigenvalue weighted by atomic mass is 79.9. The van der Waals surface area contributed by atoms with Crippen molar-refractivity contribution in [1.29, 1.82) is 0 Å². The summed E-state index contributed by atoms with van der Waals surface area (Å²) in [4.78, 5) is 16.0. The van der Waals surface area contributed by atoms with Crippen LogP contribution in [0.15, 0.2) is 42.5 Å². The first kappa shape index (κ1) is 15.3. The van der Waals surface area contributed by atoms with Gasteiger partial charge in [0.15, 0.2) is 0 Å². The molecule has 0 unspecified atom stereocenters. The van der Waals surface area contributed by atoms with Crippen LogP contribution >= 0.6 is 15.9 Å². The van der Waals surface area contributed by atoms with E-state index < -0.39 is 6.09 Å². The topological polar surface area (TPSA) is 60.5 Å². The molecule has 6 heteroatoms. The minimum absolute atomic E-state index is 0.210. The molecule has 0 radical (unpaired) electrons. The quantitative estimate of drug-likeness (QED) is 0.834. The molecule has 0 aliphatic heterocycles. The maximum atomic E-state index is 11.8. The molecule has 1 amide bonds. The number of aromatic nitrogens is 1. The number of ether oxygens (including phenoxy) is 2. The van der Waals surface area contributed by atoms with Crippen LogP contribution in [-0.2, 0) is 16.7 Å². The van der Waals surface area contributed by atoms with Gasteiger partial charge in [0.25, 0.3) is 0 Å². The number of benzene rings is 1. The van der Waals surface area contributed by atoms with E-state index in [9.17, 15) is 4.79 Å². The number of nitrogens with one attached hydrogen (secondary N) is 1. The third kappa shape index (κ3) is 4.46. The molecule has 1 N–H and O–H groups in total. The van der Waals surface area contributed by atoms with Crippen LogP contribution in [0.3, 0.4) is 0 Å². The number of amides is 1. The Balaban J connectivity index is 1.96. The first-order valence-electron chi connectivity index (χ1n) is 6.30. The first-order chi connectivity index (χ1) is 10.2. The number of pyridine rings is 1. The lowest BCUT2D eigenvalue weighted by molar-refractivity contribution is 0.155. The van der Waals surface area contributed by atoms with Crippen molar-refractivity contribution in [3.63, 3.8) is 0 Å². The van der Waals surface area contributed by atoms with Gasteiger partial charge in [-0.15, -0.1) is 0 Å². The maximum Gasteiger partial charge on any atom is 0.412 e. The van der Waals surface area contributed by atoms with Crippen LogP contribution < -0.4 is 10.1 Å². The SMILES string of the molecule is COc1nc(CBr)ccc1NC(=O)OCc1ccccc1. The minimum Gasteiger partial charge on any atom is -0.480 e. The molecule has 110 valence electrons. The zero-order valence-electron chi connectivity index (χ0n) is 11.5. The molecular weight excluding hydrogens is 336 g/mol. The van der Waals surface area contributed by atoms with E-state index >= 15 is 0 Å². The third-order valence-corrected chi connectivity index (χ3v) is 3.27. The van der Waals surface area contributed by atoms with Gasteiger partial charge in [-0.05, 0) is 17.7 Å². The molecule has 1 aromatic heterocycles. The van der Waals surface area contributed by atoms with Gasteiger partial charge in [-0.25, -0.2) is 9.78 Å². The van der Waals surface area contributed by atoms with Crippen molar-refractivity contribution < 1.29 is 14.3 Å². The van der Waals surface area contributed by atoms with E-state index in [4.69, 9.17) is 9.47 Å². The van der Waals surface area contributed by atoms with Gasteiger partial charge >= 0.3 is 6.09 Å². The lowest BCUT2D eigenvalue weighted by Gasteiger charge is -2.10. The summed E-state index contributed by atoms with van der Waals surface area (Å²) in [6.07, 6.45) is -0.550. The van der Waals surface area contributed by atoms with Crippen molar-refractivity contribution in [1.82, 2.24) is 4.98 Å². The average molecular weight is 351 g/mol. The Morgan fingerprint density at radius 1 is 1.24 bits per heavy atom. The van der Waals surface area contributed by atoms with Gasteiger partial charge in [0.05, 0.1) is 12.8 Å². The van der Waals surface area contributed by atoms with E-state index in [0.29, 0.717) is 16.9 Å². The van der Waals surface area contributed by atoms with Gasteiger partial charge in [-0.1, -0.05) is 46.3 Å². The van der Waals surface area contributed by atoms with E-state index in [1.165, 1.54) is 7.11 Å². The molecule has 0 fully saturated rings. The molecule has 0 atom stereocenters. The molecule has 1 aromatic carbocycles. The largest absolute Gasteiger partial charge is 0.480 e. The van der Waals surface area contributed by atoms with Gasteiger partial charge in [-0.3, -0.25) is 5.32 Å². The summed E-state index contributed by atoms with van der Waals surface area (Å²) in [7, 11) is 1.50. The Kier molecular flexibility index (Phi) is 5.57. The third-order valence-electron chi connectivity index (χ3n) is 2.70. The Labute approximate surface area is 131 Å². The molecule has 0 aliphatic rings. The fourth-order valence-corrected chi connectivity index (χ4v) is 1.99. The number of rotatable bonds is 5. The van der Waals surface area contributed by atoms with Crippen LogP contribution in [0, 0.1) is 0 Å². The van der Waals surface area contributed by atoms with Gasteiger partial charge in [0.2, 0.25) is 5.88 Å². The highest BCUT2D eigenvalue weighted by molar-refractivity contribution is 9.08. The number of carbonyl (C=O) groups excluding carboxylic acids is 1. The summed E-state index contributed by atoms with van der Waals surface area (Å²) < 4.78 is 10.3. The van der Waals surface area contributed by atoms with Gasteiger partial charge in [0.1, 0.15) is 12.3 Å². The van der Waals surface area contributed by atoms with Crippen molar-refractivity contribution in [3.8, 4) is 5.88 Å². The molecule has 2 rings (SSSR count). The second-order valence-corrected chi connectivity index (χ2v) is 4.74.